The van der Waals surface area contributed by atoms with Gasteiger partial charge in [0.05, 0.1) is 11.5 Å². The van der Waals surface area contributed by atoms with Crippen LogP contribution < -0.4 is 0 Å². The van der Waals surface area contributed by atoms with Crippen LogP contribution in [-0.4, -0.2) is 4.98 Å². The van der Waals surface area contributed by atoms with Gasteiger partial charge in [-0.05, 0) is 37.0 Å². The van der Waals surface area contributed by atoms with Crippen LogP contribution in [0.4, 0.5) is 0 Å². The summed E-state index contributed by atoms with van der Waals surface area (Å²) in [5.74, 6) is 0. The fourth-order valence-corrected chi connectivity index (χ4v) is 1.30. The highest BCUT2D eigenvalue weighted by Crippen LogP contribution is 2.47. The van der Waals surface area contributed by atoms with E-state index >= 15 is 0 Å². The Kier molecular flexibility index (Phi) is 1.58. The molecule has 1 aromatic rings. The van der Waals surface area contributed by atoms with Crippen LogP contribution in [0.5, 0.6) is 0 Å². The van der Waals surface area contributed by atoms with Crippen LogP contribution in [0.25, 0.3) is 0 Å². The molecule has 0 N–H and O–H groups in total. The smallest absolute Gasteiger partial charge is 0.0693 e. The molecule has 2 nitrogen and oxygen atoms in total. The van der Waals surface area contributed by atoms with E-state index in [4.69, 9.17) is 5.26 Å². The van der Waals surface area contributed by atoms with Gasteiger partial charge in [-0.3, -0.25) is 4.98 Å². The van der Waals surface area contributed by atoms with Crippen molar-refractivity contribution < 1.29 is 0 Å². The van der Waals surface area contributed by atoms with Gasteiger partial charge in [-0.1, -0.05) is 0 Å². The summed E-state index contributed by atoms with van der Waals surface area (Å²) in [7, 11) is 0. The Hall–Kier alpha value is -1.36. The molecule has 0 unspecified atom stereocenters. The van der Waals surface area contributed by atoms with Gasteiger partial charge in [-0.25, -0.2) is 0 Å². The Labute approximate surface area is 71.9 Å². The topological polar surface area (TPSA) is 36.7 Å². The average molecular weight is 157 g/mol. The molecule has 12 heavy (non-hydrogen) atoms. The largest absolute Gasteiger partial charge is 0.264 e. The number of aromatic nitrogens is 1. The highest BCUT2D eigenvalue weighted by Gasteiger charge is 2.42. The van der Waals surface area contributed by atoms with Gasteiger partial charge in [0.25, 0.3) is 0 Å². The van der Waals surface area contributed by atoms with Crippen molar-refractivity contribution in [2.45, 2.75) is 19.3 Å². The van der Waals surface area contributed by atoms with Crippen molar-refractivity contribution in [2.75, 3.05) is 0 Å². The zero-order chi connectivity index (χ0) is 8.44. The predicted molar refractivity (Wildman–Crippen MR) is 44.1 cm³/mol. The number of hydrogen-bond donors (Lipinski definition) is 0. The van der Waals surface area contributed by atoms with Crippen molar-refractivity contribution >= 4 is 0 Å². The zero-order valence-corrected chi connectivity index (χ0v) is 6.75. The van der Waals surface area contributed by atoms with Crippen molar-refractivity contribution in [1.82, 2.24) is 4.98 Å². The molecule has 0 saturated heterocycles. The van der Waals surface area contributed by atoms with E-state index in [0.29, 0.717) is 0 Å². The zero-order valence-electron chi connectivity index (χ0n) is 6.75. The Bertz CT molecular complexity index is 306. The Morgan fingerprint density at radius 1 is 1.67 bits per heavy atom. The number of hydrogen-bond acceptors (Lipinski definition) is 2. The van der Waals surface area contributed by atoms with Gasteiger partial charge in [0.1, 0.15) is 0 Å². The number of rotatable bonds is 2. The van der Waals surface area contributed by atoms with Gasteiger partial charge in [0.15, 0.2) is 0 Å². The highest BCUT2D eigenvalue weighted by atomic mass is 14.6. The molecule has 1 heterocycles. The van der Waals surface area contributed by atoms with E-state index < -0.39 is 0 Å². The third-order valence-electron chi connectivity index (χ3n) is 2.28. The van der Waals surface area contributed by atoms with E-state index in [0.717, 1.165) is 24.8 Å². The summed E-state index contributed by atoms with van der Waals surface area (Å²) in [5, 5.41) is 8.83. The molecule has 1 aromatic heterocycles. The SMILES string of the molecule is N#CC1(Cc2[c]ccnc2)CC1. The van der Waals surface area contributed by atoms with E-state index in [-0.39, 0.29) is 5.41 Å². The molecule has 1 saturated carbocycles. The van der Waals surface area contributed by atoms with Crippen LogP contribution >= 0.6 is 0 Å². The van der Waals surface area contributed by atoms with Gasteiger partial charge < -0.3 is 0 Å². The third kappa shape index (κ3) is 1.31. The fraction of sp³-hybridized carbons (Fsp3) is 0.400. The molecule has 0 bridgehead atoms. The first kappa shape index (κ1) is 7.30. The molecule has 1 aliphatic carbocycles. The quantitative estimate of drug-likeness (QED) is 0.655. The first-order valence-corrected chi connectivity index (χ1v) is 4.06. The van der Waals surface area contributed by atoms with E-state index in [1.54, 1.807) is 18.5 Å². The molecular formula is C10H9N2. The van der Waals surface area contributed by atoms with Crippen LogP contribution in [0.1, 0.15) is 18.4 Å². The summed E-state index contributed by atoms with van der Waals surface area (Å²) in [5.41, 5.74) is 0.982. The molecule has 59 valence electrons. The summed E-state index contributed by atoms with van der Waals surface area (Å²) in [4.78, 5) is 3.99. The van der Waals surface area contributed by atoms with Gasteiger partial charge in [0.2, 0.25) is 0 Å². The number of pyridine rings is 1. The molecule has 0 spiro atoms. The van der Waals surface area contributed by atoms with Crippen molar-refractivity contribution in [1.29, 1.82) is 5.26 Å². The van der Waals surface area contributed by atoms with E-state index in [2.05, 4.69) is 17.1 Å². The van der Waals surface area contributed by atoms with E-state index in [9.17, 15) is 0 Å². The summed E-state index contributed by atoms with van der Waals surface area (Å²) >= 11 is 0. The van der Waals surface area contributed by atoms with Gasteiger partial charge in [-0.15, -0.1) is 0 Å². The average Bonchev–Trinajstić information content (AvgIpc) is 2.88. The Morgan fingerprint density at radius 3 is 3.00 bits per heavy atom. The lowest BCUT2D eigenvalue weighted by Gasteiger charge is -2.02. The molecule has 1 aliphatic rings. The Morgan fingerprint density at radius 2 is 2.50 bits per heavy atom. The normalized spacial score (nSPS) is 18.2. The molecular weight excluding hydrogens is 148 g/mol. The molecule has 2 rings (SSSR count). The van der Waals surface area contributed by atoms with Gasteiger partial charge in [0, 0.05) is 12.4 Å². The minimum absolute atomic E-state index is 0.0699. The molecule has 2 heteroatoms. The lowest BCUT2D eigenvalue weighted by atomic mass is 10.00. The molecule has 0 aliphatic heterocycles. The second-order valence-electron chi connectivity index (χ2n) is 3.33. The third-order valence-corrected chi connectivity index (χ3v) is 2.28. The standard InChI is InChI=1S/C10H9N2/c11-8-10(3-4-10)6-9-2-1-5-12-7-9/h1,5,7H,3-4,6H2. The maximum Gasteiger partial charge on any atom is 0.0693 e. The maximum absolute atomic E-state index is 8.83. The van der Waals surface area contributed by atoms with Crippen molar-refractivity contribution in [2.24, 2.45) is 5.41 Å². The van der Waals surface area contributed by atoms with Crippen LogP contribution in [0.3, 0.4) is 0 Å². The minimum atomic E-state index is -0.0699. The second-order valence-corrected chi connectivity index (χ2v) is 3.33. The van der Waals surface area contributed by atoms with E-state index in [1.807, 2.05) is 0 Å². The summed E-state index contributed by atoms with van der Waals surface area (Å²) in [6, 6.07) is 7.23. The number of nitrogens with zero attached hydrogens (tertiary/aromatic N) is 2. The molecule has 1 radical (unpaired) electrons. The lowest BCUT2D eigenvalue weighted by Crippen LogP contribution is -2.01. The van der Waals surface area contributed by atoms with Gasteiger partial charge >= 0.3 is 0 Å². The first-order valence-electron chi connectivity index (χ1n) is 4.06. The highest BCUT2D eigenvalue weighted by molar-refractivity contribution is 5.19. The summed E-state index contributed by atoms with van der Waals surface area (Å²) in [6.45, 7) is 0. The monoisotopic (exact) mass is 157 g/mol. The minimum Gasteiger partial charge on any atom is -0.264 e. The maximum atomic E-state index is 8.83. The summed E-state index contributed by atoms with van der Waals surface area (Å²) in [6.07, 6.45) is 6.38. The number of nitriles is 1. The van der Waals surface area contributed by atoms with Crippen LogP contribution in [0, 0.1) is 22.8 Å². The van der Waals surface area contributed by atoms with Crippen molar-refractivity contribution in [3.63, 3.8) is 0 Å². The van der Waals surface area contributed by atoms with Gasteiger partial charge in [-0.2, -0.15) is 5.26 Å². The molecule has 0 atom stereocenters. The fourth-order valence-electron chi connectivity index (χ4n) is 1.30. The second kappa shape index (κ2) is 2.60. The van der Waals surface area contributed by atoms with Crippen LogP contribution in [-0.2, 0) is 6.42 Å². The summed E-state index contributed by atoms with van der Waals surface area (Å²) < 4.78 is 0. The van der Waals surface area contributed by atoms with Crippen molar-refractivity contribution in [3.05, 3.63) is 30.1 Å². The first-order chi connectivity index (χ1) is 5.85. The lowest BCUT2D eigenvalue weighted by molar-refractivity contribution is 0.662. The Balaban J connectivity index is 2.11. The predicted octanol–water partition coefficient (Wildman–Crippen LogP) is 1.73. The van der Waals surface area contributed by atoms with Crippen LogP contribution in [0.2, 0.25) is 0 Å². The van der Waals surface area contributed by atoms with Crippen LogP contribution in [0.15, 0.2) is 18.5 Å². The van der Waals surface area contributed by atoms with E-state index in [1.165, 1.54) is 0 Å². The molecule has 1 fully saturated rings. The molecule has 0 aromatic carbocycles. The molecule has 0 amide bonds. The van der Waals surface area contributed by atoms with Crippen molar-refractivity contribution in [3.8, 4) is 6.07 Å².